The number of alkyl halides is 3. The normalized spacial score (nSPS) is 13.1. The van der Waals surface area contributed by atoms with Crippen molar-refractivity contribution >= 4 is 5.91 Å². The summed E-state index contributed by atoms with van der Waals surface area (Å²) < 4.78 is 38.8. The predicted molar refractivity (Wildman–Crippen MR) is 118 cm³/mol. The van der Waals surface area contributed by atoms with Crippen molar-refractivity contribution in [1.29, 1.82) is 5.26 Å². The van der Waals surface area contributed by atoms with Crippen LogP contribution in [0.1, 0.15) is 46.3 Å². The van der Waals surface area contributed by atoms with E-state index in [0.717, 1.165) is 17.2 Å². The van der Waals surface area contributed by atoms with E-state index in [0.29, 0.717) is 24.1 Å². The van der Waals surface area contributed by atoms with Crippen molar-refractivity contribution in [1.82, 2.24) is 15.6 Å². The van der Waals surface area contributed by atoms with Crippen LogP contribution in [0.5, 0.6) is 0 Å². The van der Waals surface area contributed by atoms with E-state index in [-0.39, 0.29) is 11.8 Å². The Morgan fingerprint density at radius 1 is 1.00 bits per heavy atom. The van der Waals surface area contributed by atoms with E-state index in [1.54, 1.807) is 31.3 Å². The minimum absolute atomic E-state index is 0.188. The number of rotatable bonds is 8. The van der Waals surface area contributed by atoms with Gasteiger partial charge in [-0.15, -0.1) is 0 Å². The molecule has 0 fully saturated rings. The van der Waals surface area contributed by atoms with Gasteiger partial charge < -0.3 is 10.6 Å². The number of amides is 1. The summed E-state index contributed by atoms with van der Waals surface area (Å²) in [6.45, 7) is 0.415. The van der Waals surface area contributed by atoms with Gasteiger partial charge in [-0.25, -0.2) is 0 Å². The van der Waals surface area contributed by atoms with E-state index in [4.69, 9.17) is 5.26 Å². The highest BCUT2D eigenvalue weighted by atomic mass is 19.4. The number of likely N-dealkylation sites (N-methyl/N-ethyl adjacent to an activating group) is 1. The number of pyridine rings is 1. The summed E-state index contributed by atoms with van der Waals surface area (Å²) in [5.41, 5.74) is 1.80. The molecule has 1 amide bonds. The van der Waals surface area contributed by atoms with E-state index in [1.807, 2.05) is 30.3 Å². The molecule has 1 heterocycles. The van der Waals surface area contributed by atoms with Crippen LogP contribution < -0.4 is 10.6 Å². The van der Waals surface area contributed by atoms with Gasteiger partial charge in [0, 0.05) is 19.2 Å². The number of benzene rings is 2. The second kappa shape index (κ2) is 10.7. The van der Waals surface area contributed by atoms with Gasteiger partial charge in [-0.2, -0.15) is 18.4 Å². The Morgan fingerprint density at radius 2 is 1.67 bits per heavy atom. The lowest BCUT2D eigenvalue weighted by atomic mass is 9.88. The van der Waals surface area contributed by atoms with Crippen molar-refractivity contribution in [3.8, 4) is 6.07 Å². The van der Waals surface area contributed by atoms with Crippen molar-refractivity contribution in [2.24, 2.45) is 0 Å². The number of hydrogen-bond donors (Lipinski definition) is 2. The maximum absolute atomic E-state index is 12.9. The molecule has 0 spiro atoms. The Hall–Kier alpha value is -3.70. The largest absolute Gasteiger partial charge is 0.433 e. The minimum Gasteiger partial charge on any atom is -0.358 e. The van der Waals surface area contributed by atoms with Gasteiger partial charge in [-0.1, -0.05) is 48.5 Å². The zero-order chi connectivity index (χ0) is 23.8. The average molecular weight is 452 g/mol. The molecule has 0 unspecified atom stereocenters. The highest BCUT2D eigenvalue weighted by Gasteiger charge is 2.32. The van der Waals surface area contributed by atoms with Crippen LogP contribution in [0.2, 0.25) is 0 Å². The molecule has 0 aliphatic rings. The summed E-state index contributed by atoms with van der Waals surface area (Å²) in [6, 6.07) is 20.1. The van der Waals surface area contributed by atoms with Gasteiger partial charge in [0.25, 0.3) is 0 Å². The van der Waals surface area contributed by atoms with Gasteiger partial charge in [-0.3, -0.25) is 9.78 Å². The van der Waals surface area contributed by atoms with Crippen molar-refractivity contribution in [3.05, 3.63) is 101 Å². The van der Waals surface area contributed by atoms with E-state index in [2.05, 4.69) is 21.7 Å². The second-order valence-electron chi connectivity index (χ2n) is 7.46. The summed E-state index contributed by atoms with van der Waals surface area (Å²) in [6.07, 6.45) is -2.78. The fourth-order valence-corrected chi connectivity index (χ4v) is 3.62. The molecule has 5 nitrogen and oxygen atoms in total. The Morgan fingerprint density at radius 3 is 2.21 bits per heavy atom. The van der Waals surface area contributed by atoms with Crippen LogP contribution in [0.3, 0.4) is 0 Å². The topological polar surface area (TPSA) is 77.8 Å². The van der Waals surface area contributed by atoms with E-state index in [1.165, 1.54) is 12.3 Å². The molecule has 0 aliphatic carbocycles. The predicted octanol–water partition coefficient (Wildman–Crippen LogP) is 4.57. The molecule has 2 aromatic carbocycles. The molecule has 8 heteroatoms. The summed E-state index contributed by atoms with van der Waals surface area (Å²) in [5.74, 6) is -0.464. The van der Waals surface area contributed by atoms with Crippen LogP contribution >= 0.6 is 0 Å². The van der Waals surface area contributed by atoms with Gasteiger partial charge in [0.05, 0.1) is 11.6 Å². The van der Waals surface area contributed by atoms with Crippen LogP contribution in [0.15, 0.2) is 72.9 Å². The molecule has 0 bridgehead atoms. The lowest BCUT2D eigenvalue weighted by Crippen LogP contribution is -2.36. The summed E-state index contributed by atoms with van der Waals surface area (Å²) in [5, 5.41) is 15.0. The number of nitrogens with one attached hydrogen (secondary N) is 2. The summed E-state index contributed by atoms with van der Waals surface area (Å²) >= 11 is 0. The molecule has 3 rings (SSSR count). The maximum Gasteiger partial charge on any atom is 0.433 e. The maximum atomic E-state index is 12.9. The van der Waals surface area contributed by atoms with Crippen LogP contribution in [-0.4, -0.2) is 24.5 Å². The van der Waals surface area contributed by atoms with Crippen LogP contribution in [0.25, 0.3) is 0 Å². The van der Waals surface area contributed by atoms with Gasteiger partial charge in [0.2, 0.25) is 5.91 Å². The third-order valence-corrected chi connectivity index (χ3v) is 5.34. The Kier molecular flexibility index (Phi) is 7.80. The number of aromatic nitrogens is 1. The molecule has 0 saturated heterocycles. The van der Waals surface area contributed by atoms with Crippen molar-refractivity contribution in [2.75, 3.05) is 13.6 Å². The average Bonchev–Trinajstić information content (AvgIpc) is 2.84. The molecule has 3 aromatic rings. The minimum atomic E-state index is -4.51. The Balaban J connectivity index is 1.83. The fraction of sp³-hybridized carbons (Fsp3) is 0.240. The molecule has 33 heavy (non-hydrogen) atoms. The number of nitriles is 1. The molecule has 0 saturated carbocycles. The van der Waals surface area contributed by atoms with Crippen molar-refractivity contribution in [3.63, 3.8) is 0 Å². The van der Waals surface area contributed by atoms with E-state index >= 15 is 0 Å². The first-order valence-corrected chi connectivity index (χ1v) is 10.4. The van der Waals surface area contributed by atoms with E-state index < -0.39 is 17.9 Å². The zero-order valence-electron chi connectivity index (χ0n) is 17.9. The number of carbonyl (C=O) groups is 1. The monoisotopic (exact) mass is 452 g/mol. The quantitative estimate of drug-likeness (QED) is 0.525. The number of nitrogens with zero attached hydrogens (tertiary/aromatic N) is 2. The Bertz CT molecular complexity index is 1090. The molecule has 0 aliphatic heterocycles. The summed E-state index contributed by atoms with van der Waals surface area (Å²) in [4.78, 5) is 16.0. The number of hydrogen-bond acceptors (Lipinski definition) is 4. The number of carbonyl (C=O) groups excluding carboxylic acids is 1. The van der Waals surface area contributed by atoms with Crippen molar-refractivity contribution < 1.29 is 18.0 Å². The first kappa shape index (κ1) is 24.0. The van der Waals surface area contributed by atoms with Gasteiger partial charge in [-0.05, 0) is 47.9 Å². The lowest BCUT2D eigenvalue weighted by Gasteiger charge is -2.22. The van der Waals surface area contributed by atoms with E-state index in [9.17, 15) is 18.0 Å². The summed E-state index contributed by atoms with van der Waals surface area (Å²) in [7, 11) is 1.56. The third-order valence-electron chi connectivity index (χ3n) is 5.34. The molecular formula is C25H23F3N4O. The van der Waals surface area contributed by atoms with Crippen LogP contribution in [-0.2, 0) is 11.0 Å². The van der Waals surface area contributed by atoms with Crippen LogP contribution in [0, 0.1) is 11.3 Å². The molecule has 2 atom stereocenters. The Labute approximate surface area is 190 Å². The second-order valence-corrected chi connectivity index (χ2v) is 7.46. The first-order chi connectivity index (χ1) is 15.8. The van der Waals surface area contributed by atoms with Gasteiger partial charge in [0.1, 0.15) is 11.7 Å². The molecule has 170 valence electrons. The van der Waals surface area contributed by atoms with Gasteiger partial charge in [0.15, 0.2) is 0 Å². The lowest BCUT2D eigenvalue weighted by molar-refractivity contribution is -0.141. The number of halogens is 3. The van der Waals surface area contributed by atoms with Gasteiger partial charge >= 0.3 is 6.18 Å². The SMILES string of the molecule is CNC(=O)[C@H](NCC[C@@H](c1ccc(C#N)cc1)c1ccc(C(F)(F)F)nc1)c1ccccc1. The standard InChI is InChI=1S/C25H23F3N4O/c1-30-24(33)23(19-5-3-2-4-6-19)31-14-13-21(18-9-7-17(15-29)8-10-18)20-11-12-22(32-16-20)25(26,27)28/h2-12,16,21,23,31H,13-14H2,1H3,(H,30,33)/t21-,23+/m0/s1. The third kappa shape index (κ3) is 6.18. The highest BCUT2D eigenvalue weighted by Crippen LogP contribution is 2.31. The smallest absolute Gasteiger partial charge is 0.358 e. The van der Waals surface area contributed by atoms with Crippen molar-refractivity contribution in [2.45, 2.75) is 24.6 Å². The van der Waals surface area contributed by atoms with Crippen LogP contribution in [0.4, 0.5) is 13.2 Å². The molecule has 2 N–H and O–H groups in total. The fourth-order valence-electron chi connectivity index (χ4n) is 3.62. The molecular weight excluding hydrogens is 429 g/mol. The zero-order valence-corrected chi connectivity index (χ0v) is 17.9. The first-order valence-electron chi connectivity index (χ1n) is 10.4. The highest BCUT2D eigenvalue weighted by molar-refractivity contribution is 5.82. The molecule has 0 radical (unpaired) electrons. The molecule has 1 aromatic heterocycles.